The molecule has 9 heteroatoms. The summed E-state index contributed by atoms with van der Waals surface area (Å²) in [6, 6.07) is 17.0. The molecule has 1 N–H and O–H groups in total. The van der Waals surface area contributed by atoms with Crippen LogP contribution in [0.1, 0.15) is 18.1 Å². The third kappa shape index (κ3) is 3.89. The summed E-state index contributed by atoms with van der Waals surface area (Å²) >= 11 is 6.01. The average molecular weight is 437 g/mol. The fourth-order valence-corrected chi connectivity index (χ4v) is 3.46. The van der Waals surface area contributed by atoms with E-state index in [0.717, 1.165) is 21.4 Å². The second kappa shape index (κ2) is 8.23. The van der Waals surface area contributed by atoms with Gasteiger partial charge in [-0.05, 0) is 30.2 Å². The lowest BCUT2D eigenvalue weighted by molar-refractivity contribution is 0.702. The smallest absolute Gasteiger partial charge is 0.298 e. The molecule has 0 fully saturated rings. The molecule has 2 heterocycles. The van der Waals surface area contributed by atoms with Crippen LogP contribution in [0.2, 0.25) is 5.02 Å². The first-order valence-electron chi connectivity index (χ1n) is 9.63. The van der Waals surface area contributed by atoms with E-state index in [2.05, 4.69) is 15.5 Å². The summed E-state index contributed by atoms with van der Waals surface area (Å²) < 4.78 is 4.15. The second-order valence-corrected chi connectivity index (χ2v) is 7.64. The molecule has 8 nitrogen and oxygen atoms in total. The molecule has 0 radical (unpaired) electrons. The zero-order valence-corrected chi connectivity index (χ0v) is 18.1. The fourth-order valence-electron chi connectivity index (χ4n) is 3.34. The van der Waals surface area contributed by atoms with Crippen molar-refractivity contribution in [3.05, 3.63) is 91.6 Å². The molecule has 158 valence electrons. The number of hydrogen-bond acceptors (Lipinski definition) is 5. The molecule has 0 amide bonds. The Balaban J connectivity index is 1.86. The number of hydrazone groups is 1. The van der Waals surface area contributed by atoms with Crippen LogP contribution in [0.15, 0.2) is 69.3 Å². The van der Waals surface area contributed by atoms with Crippen molar-refractivity contribution in [1.29, 1.82) is 0 Å². The van der Waals surface area contributed by atoms with Crippen molar-refractivity contribution in [3.63, 3.8) is 0 Å². The molecule has 0 spiro atoms. The third-order valence-corrected chi connectivity index (χ3v) is 5.37. The largest absolute Gasteiger partial charge is 0.332 e. The highest BCUT2D eigenvalue weighted by Gasteiger charge is 2.19. The number of imidazole rings is 1. The summed E-state index contributed by atoms with van der Waals surface area (Å²) in [4.78, 5) is 29.9. The summed E-state index contributed by atoms with van der Waals surface area (Å²) in [5.41, 5.74) is 5.36. The Hall–Kier alpha value is -3.65. The maximum absolute atomic E-state index is 12.9. The molecule has 4 rings (SSSR count). The Morgan fingerprint density at radius 1 is 1.03 bits per heavy atom. The summed E-state index contributed by atoms with van der Waals surface area (Å²) in [5.74, 6) is 0.360. The summed E-state index contributed by atoms with van der Waals surface area (Å²) in [6.45, 7) is 2.23. The van der Waals surface area contributed by atoms with Gasteiger partial charge < -0.3 is 0 Å². The molecular weight excluding hydrogens is 416 g/mol. The third-order valence-electron chi connectivity index (χ3n) is 5.12. The van der Waals surface area contributed by atoms with Crippen molar-refractivity contribution in [3.8, 4) is 0 Å². The highest BCUT2D eigenvalue weighted by atomic mass is 35.5. The number of aromatic nitrogens is 4. The van der Waals surface area contributed by atoms with Gasteiger partial charge in [-0.3, -0.25) is 18.5 Å². The molecule has 4 aromatic rings. The van der Waals surface area contributed by atoms with E-state index >= 15 is 0 Å². The topological polar surface area (TPSA) is 86.2 Å². The SMILES string of the molecule is C/C(=N/Nc1nc2c(c(=O)n(C)c(=O)n2C)n1Cc1ccc(Cl)cc1)c1ccccc1. The first kappa shape index (κ1) is 20.6. The summed E-state index contributed by atoms with van der Waals surface area (Å²) in [5, 5.41) is 5.07. The van der Waals surface area contributed by atoms with Crippen LogP contribution in [0.25, 0.3) is 11.2 Å². The monoisotopic (exact) mass is 436 g/mol. The lowest BCUT2D eigenvalue weighted by Crippen LogP contribution is -2.37. The fraction of sp³-hybridized carbons (Fsp3) is 0.182. The minimum absolute atomic E-state index is 0.289. The lowest BCUT2D eigenvalue weighted by atomic mass is 10.1. The number of anilines is 1. The molecule has 0 aliphatic heterocycles. The van der Waals surface area contributed by atoms with Gasteiger partial charge in [-0.25, -0.2) is 10.2 Å². The van der Waals surface area contributed by atoms with E-state index in [-0.39, 0.29) is 5.65 Å². The van der Waals surface area contributed by atoms with Gasteiger partial charge in [0.1, 0.15) is 0 Å². The molecule has 0 unspecified atom stereocenters. The first-order chi connectivity index (χ1) is 14.9. The number of aryl methyl sites for hydroxylation is 1. The first-order valence-corrected chi connectivity index (χ1v) is 10.0. The van der Waals surface area contributed by atoms with Crippen LogP contribution in [0.4, 0.5) is 5.95 Å². The molecular formula is C22H21ClN6O2. The molecule has 2 aromatic heterocycles. The maximum Gasteiger partial charge on any atom is 0.332 e. The Labute approximate surface area is 183 Å². The van der Waals surface area contributed by atoms with E-state index in [9.17, 15) is 9.59 Å². The minimum Gasteiger partial charge on any atom is -0.298 e. The van der Waals surface area contributed by atoms with E-state index in [1.807, 2.05) is 49.4 Å². The van der Waals surface area contributed by atoms with Gasteiger partial charge >= 0.3 is 5.69 Å². The van der Waals surface area contributed by atoms with Gasteiger partial charge in [-0.1, -0.05) is 54.1 Å². The Bertz CT molecular complexity index is 1400. The van der Waals surface area contributed by atoms with Crippen molar-refractivity contribution in [2.45, 2.75) is 13.5 Å². The van der Waals surface area contributed by atoms with E-state index in [1.165, 1.54) is 11.6 Å². The zero-order chi connectivity index (χ0) is 22.1. The van der Waals surface area contributed by atoms with E-state index in [1.54, 1.807) is 23.7 Å². The molecule has 0 bridgehead atoms. The van der Waals surface area contributed by atoms with E-state index in [0.29, 0.717) is 23.0 Å². The average Bonchev–Trinajstić information content (AvgIpc) is 3.15. The minimum atomic E-state index is -0.441. The molecule has 0 aliphatic carbocycles. The maximum atomic E-state index is 12.9. The number of halogens is 1. The molecule has 0 atom stereocenters. The van der Waals surface area contributed by atoms with Crippen molar-refractivity contribution < 1.29 is 0 Å². The van der Waals surface area contributed by atoms with Crippen LogP contribution in [-0.2, 0) is 20.6 Å². The Morgan fingerprint density at radius 2 is 1.71 bits per heavy atom. The number of nitrogens with zero attached hydrogens (tertiary/aromatic N) is 5. The molecule has 31 heavy (non-hydrogen) atoms. The van der Waals surface area contributed by atoms with Gasteiger partial charge in [0.15, 0.2) is 11.2 Å². The van der Waals surface area contributed by atoms with Crippen LogP contribution in [0.3, 0.4) is 0 Å². The second-order valence-electron chi connectivity index (χ2n) is 7.20. The number of nitrogens with one attached hydrogen (secondary N) is 1. The van der Waals surface area contributed by atoms with E-state index in [4.69, 9.17) is 11.6 Å². The number of rotatable bonds is 5. The van der Waals surface area contributed by atoms with Crippen LogP contribution in [0, 0.1) is 0 Å². The van der Waals surface area contributed by atoms with Crippen LogP contribution in [-0.4, -0.2) is 24.4 Å². The quantitative estimate of drug-likeness (QED) is 0.385. The number of hydrogen-bond donors (Lipinski definition) is 1. The zero-order valence-electron chi connectivity index (χ0n) is 17.3. The van der Waals surface area contributed by atoms with Gasteiger partial charge in [-0.2, -0.15) is 10.1 Å². The van der Waals surface area contributed by atoms with Gasteiger partial charge in [0, 0.05) is 19.1 Å². The van der Waals surface area contributed by atoms with Crippen LogP contribution >= 0.6 is 11.6 Å². The van der Waals surface area contributed by atoms with Gasteiger partial charge in [0.2, 0.25) is 5.95 Å². The van der Waals surface area contributed by atoms with Gasteiger partial charge in [-0.15, -0.1) is 0 Å². The highest BCUT2D eigenvalue weighted by Crippen LogP contribution is 2.19. The van der Waals surface area contributed by atoms with Gasteiger partial charge in [0.05, 0.1) is 12.3 Å². The van der Waals surface area contributed by atoms with Gasteiger partial charge in [0.25, 0.3) is 5.56 Å². The van der Waals surface area contributed by atoms with Crippen molar-refractivity contribution in [1.82, 2.24) is 18.7 Å². The number of benzene rings is 2. The molecule has 0 saturated carbocycles. The standard InChI is InChI=1S/C22H21ClN6O2/c1-14(16-7-5-4-6-8-16)25-26-21-24-19-18(20(30)28(3)22(31)27(19)2)29(21)13-15-9-11-17(23)12-10-15/h4-12H,13H2,1-3H3,(H,24,26)/b25-14-. The molecule has 2 aromatic carbocycles. The summed E-state index contributed by atoms with van der Waals surface area (Å²) in [7, 11) is 3.04. The normalized spacial score (nSPS) is 11.8. The Morgan fingerprint density at radius 3 is 2.39 bits per heavy atom. The summed E-state index contributed by atoms with van der Waals surface area (Å²) in [6.07, 6.45) is 0. The van der Waals surface area contributed by atoms with Crippen LogP contribution < -0.4 is 16.7 Å². The Kier molecular flexibility index (Phi) is 5.48. The van der Waals surface area contributed by atoms with Crippen molar-refractivity contribution >= 4 is 34.4 Å². The molecule has 0 aliphatic rings. The predicted octanol–water partition coefficient (Wildman–Crippen LogP) is 2.97. The van der Waals surface area contributed by atoms with E-state index < -0.39 is 11.2 Å². The van der Waals surface area contributed by atoms with Crippen molar-refractivity contribution in [2.24, 2.45) is 19.2 Å². The van der Waals surface area contributed by atoms with Crippen LogP contribution in [0.5, 0.6) is 0 Å². The number of fused-ring (bicyclic) bond motifs is 1. The predicted molar refractivity (Wildman–Crippen MR) is 123 cm³/mol. The highest BCUT2D eigenvalue weighted by molar-refractivity contribution is 6.30. The lowest BCUT2D eigenvalue weighted by Gasteiger charge is -2.10. The molecule has 0 saturated heterocycles. The van der Waals surface area contributed by atoms with Crippen molar-refractivity contribution in [2.75, 3.05) is 5.43 Å².